The minimum absolute atomic E-state index is 0.568. The summed E-state index contributed by atoms with van der Waals surface area (Å²) in [5.41, 5.74) is 8.81. The third kappa shape index (κ3) is 2.57. The Morgan fingerprint density at radius 1 is 1.14 bits per heavy atom. The summed E-state index contributed by atoms with van der Waals surface area (Å²) in [6, 6.07) is 8.31. The first-order chi connectivity index (χ1) is 10.2. The summed E-state index contributed by atoms with van der Waals surface area (Å²) in [6.07, 6.45) is 3.38. The van der Waals surface area contributed by atoms with Crippen LogP contribution in [0, 0.1) is 0 Å². The van der Waals surface area contributed by atoms with Crippen LogP contribution in [0.3, 0.4) is 0 Å². The monoisotopic (exact) mass is 282 g/mol. The van der Waals surface area contributed by atoms with Gasteiger partial charge in [-0.15, -0.1) is 0 Å². The van der Waals surface area contributed by atoms with Crippen molar-refractivity contribution in [3.63, 3.8) is 0 Å². The topological polar surface area (TPSA) is 72.9 Å². The fourth-order valence-corrected chi connectivity index (χ4v) is 2.38. The normalized spacial score (nSPS) is 11.0. The minimum Gasteiger partial charge on any atom is -0.355 e. The Kier molecular flexibility index (Phi) is 3.53. The van der Waals surface area contributed by atoms with Crippen molar-refractivity contribution in [3.05, 3.63) is 47.9 Å². The average molecular weight is 282 g/mol. The van der Waals surface area contributed by atoms with Gasteiger partial charge in [-0.2, -0.15) is 5.10 Å². The first-order valence-corrected chi connectivity index (χ1v) is 6.81. The molecule has 0 aliphatic rings. The average Bonchev–Trinajstić information content (AvgIpc) is 2.89. The summed E-state index contributed by atoms with van der Waals surface area (Å²) < 4.78 is 1.75. The molecule has 6 nitrogen and oxygen atoms in total. The third-order valence-electron chi connectivity index (χ3n) is 3.55. The highest BCUT2D eigenvalue weighted by Crippen LogP contribution is 2.22. The molecule has 0 bridgehead atoms. The first-order valence-electron chi connectivity index (χ1n) is 6.81. The zero-order valence-electron chi connectivity index (χ0n) is 12.2. The second-order valence-electron chi connectivity index (χ2n) is 5.08. The first kappa shape index (κ1) is 13.5. The molecule has 0 aliphatic carbocycles. The molecule has 21 heavy (non-hydrogen) atoms. The number of hydrogen-bond acceptors (Lipinski definition) is 5. The molecule has 3 aromatic rings. The number of rotatable bonds is 4. The zero-order valence-corrected chi connectivity index (χ0v) is 12.2. The van der Waals surface area contributed by atoms with Gasteiger partial charge in [-0.1, -0.05) is 24.3 Å². The van der Waals surface area contributed by atoms with E-state index in [2.05, 4.69) is 44.2 Å². The van der Waals surface area contributed by atoms with Gasteiger partial charge in [0.15, 0.2) is 5.65 Å². The minimum atomic E-state index is 0.568. The fraction of sp³-hybridized carbons (Fsp3) is 0.267. The van der Waals surface area contributed by atoms with Gasteiger partial charge in [0.1, 0.15) is 12.1 Å². The molecule has 0 aliphatic heterocycles. The molecule has 108 valence electrons. The molecular formula is C15H18N6. The van der Waals surface area contributed by atoms with Gasteiger partial charge in [-0.3, -0.25) is 4.68 Å². The number of nitrogens with two attached hydrogens (primary N) is 1. The number of nitrogens with zero attached hydrogens (tertiary/aromatic N) is 5. The molecule has 0 saturated carbocycles. The molecule has 1 aromatic carbocycles. The quantitative estimate of drug-likeness (QED) is 0.784. The van der Waals surface area contributed by atoms with Gasteiger partial charge >= 0.3 is 0 Å². The largest absolute Gasteiger partial charge is 0.355 e. The van der Waals surface area contributed by atoms with Crippen LogP contribution in [-0.4, -0.2) is 26.8 Å². The van der Waals surface area contributed by atoms with Gasteiger partial charge in [0.2, 0.25) is 0 Å². The van der Waals surface area contributed by atoms with Crippen molar-refractivity contribution in [2.75, 3.05) is 11.9 Å². The lowest BCUT2D eigenvalue weighted by Crippen LogP contribution is -2.18. The predicted octanol–water partition coefficient (Wildman–Crippen LogP) is 1.46. The number of anilines is 1. The van der Waals surface area contributed by atoms with Crippen LogP contribution in [0.4, 0.5) is 5.82 Å². The molecule has 2 N–H and O–H groups in total. The zero-order chi connectivity index (χ0) is 14.8. The molecule has 0 fully saturated rings. The Hall–Kier alpha value is -2.47. The van der Waals surface area contributed by atoms with Crippen LogP contribution in [0.5, 0.6) is 0 Å². The number of benzene rings is 1. The van der Waals surface area contributed by atoms with Crippen molar-refractivity contribution in [3.8, 4) is 0 Å². The predicted molar refractivity (Wildman–Crippen MR) is 82.7 cm³/mol. The molecular weight excluding hydrogens is 264 g/mol. The van der Waals surface area contributed by atoms with E-state index in [0.717, 1.165) is 29.0 Å². The van der Waals surface area contributed by atoms with Crippen LogP contribution in [0.15, 0.2) is 36.8 Å². The lowest BCUT2D eigenvalue weighted by Gasteiger charge is -2.18. The standard InChI is InChI=1S/C15H18N6/c1-20(9-12-5-3-11(7-16)4-6-12)14-13-8-19-21(2)15(13)18-10-17-14/h3-6,8,10H,7,9,16H2,1-2H3. The van der Waals surface area contributed by atoms with E-state index in [1.54, 1.807) is 17.2 Å². The lowest BCUT2D eigenvalue weighted by atomic mass is 10.1. The van der Waals surface area contributed by atoms with E-state index < -0.39 is 0 Å². The second kappa shape index (κ2) is 5.49. The van der Waals surface area contributed by atoms with Crippen molar-refractivity contribution in [1.29, 1.82) is 0 Å². The van der Waals surface area contributed by atoms with Gasteiger partial charge < -0.3 is 10.6 Å². The van der Waals surface area contributed by atoms with Crippen LogP contribution in [0.25, 0.3) is 11.0 Å². The number of aromatic nitrogens is 4. The van der Waals surface area contributed by atoms with Crippen molar-refractivity contribution >= 4 is 16.9 Å². The Balaban J connectivity index is 1.87. The van der Waals surface area contributed by atoms with Gasteiger partial charge in [-0.25, -0.2) is 9.97 Å². The molecule has 0 spiro atoms. The fourth-order valence-electron chi connectivity index (χ4n) is 2.38. The van der Waals surface area contributed by atoms with Gasteiger partial charge in [0.05, 0.1) is 11.6 Å². The van der Waals surface area contributed by atoms with Crippen LogP contribution in [-0.2, 0) is 20.1 Å². The van der Waals surface area contributed by atoms with Crippen molar-refractivity contribution in [1.82, 2.24) is 19.7 Å². The highest BCUT2D eigenvalue weighted by atomic mass is 15.3. The van der Waals surface area contributed by atoms with Crippen LogP contribution in [0.2, 0.25) is 0 Å². The van der Waals surface area contributed by atoms with E-state index >= 15 is 0 Å². The Morgan fingerprint density at radius 2 is 1.86 bits per heavy atom. The maximum atomic E-state index is 5.62. The molecule has 0 saturated heterocycles. The summed E-state index contributed by atoms with van der Waals surface area (Å²) >= 11 is 0. The van der Waals surface area contributed by atoms with E-state index in [1.165, 1.54) is 5.56 Å². The highest BCUT2D eigenvalue weighted by Gasteiger charge is 2.11. The number of hydrogen-bond donors (Lipinski definition) is 1. The molecule has 6 heteroatoms. The lowest BCUT2D eigenvalue weighted by molar-refractivity contribution is 0.785. The smallest absolute Gasteiger partial charge is 0.163 e. The summed E-state index contributed by atoms with van der Waals surface area (Å²) in [6.45, 7) is 1.34. The summed E-state index contributed by atoms with van der Waals surface area (Å²) in [5, 5.41) is 5.20. The van der Waals surface area contributed by atoms with Gasteiger partial charge in [0.25, 0.3) is 0 Å². The maximum absolute atomic E-state index is 5.62. The Labute approximate surface area is 123 Å². The molecule has 0 unspecified atom stereocenters. The van der Waals surface area contributed by atoms with E-state index in [9.17, 15) is 0 Å². The van der Waals surface area contributed by atoms with E-state index in [1.807, 2.05) is 14.1 Å². The Bertz CT molecular complexity index is 746. The van der Waals surface area contributed by atoms with Gasteiger partial charge in [0, 0.05) is 27.2 Å². The Morgan fingerprint density at radius 3 is 2.57 bits per heavy atom. The van der Waals surface area contributed by atoms with Crippen LogP contribution >= 0.6 is 0 Å². The summed E-state index contributed by atoms with van der Waals surface area (Å²) in [4.78, 5) is 10.8. The van der Waals surface area contributed by atoms with Crippen molar-refractivity contribution < 1.29 is 0 Å². The molecule has 0 radical (unpaired) electrons. The second-order valence-corrected chi connectivity index (χ2v) is 5.08. The highest BCUT2D eigenvalue weighted by molar-refractivity contribution is 5.86. The summed E-state index contributed by atoms with van der Waals surface area (Å²) in [5.74, 6) is 0.885. The summed E-state index contributed by atoms with van der Waals surface area (Å²) in [7, 11) is 3.90. The molecule has 2 aromatic heterocycles. The SMILES string of the molecule is CN(Cc1ccc(CN)cc1)c1ncnc2c1cnn2C. The van der Waals surface area contributed by atoms with Crippen molar-refractivity contribution in [2.45, 2.75) is 13.1 Å². The number of aryl methyl sites for hydroxylation is 1. The molecule has 0 amide bonds. The van der Waals surface area contributed by atoms with Crippen LogP contribution in [0.1, 0.15) is 11.1 Å². The molecule has 3 rings (SSSR count). The number of fused-ring (bicyclic) bond motifs is 1. The third-order valence-corrected chi connectivity index (χ3v) is 3.55. The van der Waals surface area contributed by atoms with Crippen LogP contribution < -0.4 is 10.6 Å². The van der Waals surface area contributed by atoms with E-state index in [-0.39, 0.29) is 0 Å². The van der Waals surface area contributed by atoms with Gasteiger partial charge in [-0.05, 0) is 11.1 Å². The van der Waals surface area contributed by atoms with E-state index in [4.69, 9.17) is 5.73 Å². The van der Waals surface area contributed by atoms with E-state index in [0.29, 0.717) is 6.54 Å². The molecule has 2 heterocycles. The maximum Gasteiger partial charge on any atom is 0.163 e. The molecule has 0 atom stereocenters. The van der Waals surface area contributed by atoms with Crippen molar-refractivity contribution in [2.24, 2.45) is 12.8 Å².